The quantitative estimate of drug-likeness (QED) is 0.464. The molecule has 10 heteroatoms. The van der Waals surface area contributed by atoms with E-state index in [1.165, 1.54) is 30.0 Å². The number of sulfonamides is 1. The minimum atomic E-state index is -3.88. The van der Waals surface area contributed by atoms with Crippen LogP contribution in [0.25, 0.3) is 0 Å². The third-order valence-corrected chi connectivity index (χ3v) is 7.02. The molecule has 34 heavy (non-hydrogen) atoms. The number of benzene rings is 2. The van der Waals surface area contributed by atoms with Gasteiger partial charge in [-0.1, -0.05) is 49.2 Å². The maximum atomic E-state index is 14.4. The first-order valence-electron chi connectivity index (χ1n) is 11.0. The van der Waals surface area contributed by atoms with E-state index in [0.29, 0.717) is 17.1 Å². The molecule has 0 saturated heterocycles. The van der Waals surface area contributed by atoms with E-state index in [-0.39, 0.29) is 17.8 Å². The molecule has 0 spiro atoms. The van der Waals surface area contributed by atoms with Crippen LogP contribution in [0, 0.1) is 12.7 Å². The van der Waals surface area contributed by atoms with Gasteiger partial charge in [0.15, 0.2) is 0 Å². The third kappa shape index (κ3) is 7.17. The second kappa shape index (κ2) is 12.2. The molecule has 2 rings (SSSR count). The molecule has 0 aliphatic heterocycles. The van der Waals surface area contributed by atoms with E-state index < -0.39 is 40.2 Å². The van der Waals surface area contributed by atoms with Crippen LogP contribution in [0.2, 0.25) is 5.02 Å². The Morgan fingerprint density at radius 3 is 2.44 bits per heavy atom. The maximum absolute atomic E-state index is 14.4. The number of carbonyl (C=O) groups excluding carboxylic acids is 2. The fourth-order valence-electron chi connectivity index (χ4n) is 3.39. The largest absolute Gasteiger partial charge is 0.354 e. The molecule has 0 aromatic heterocycles. The molecule has 0 radical (unpaired) electrons. The molecule has 2 amide bonds. The van der Waals surface area contributed by atoms with Gasteiger partial charge in [0.2, 0.25) is 21.8 Å². The average Bonchev–Trinajstić information content (AvgIpc) is 2.77. The van der Waals surface area contributed by atoms with Gasteiger partial charge in [0.05, 0.1) is 11.9 Å². The number of rotatable bonds is 11. The Hall–Kier alpha value is -2.65. The summed E-state index contributed by atoms with van der Waals surface area (Å²) < 4.78 is 40.6. The van der Waals surface area contributed by atoms with Gasteiger partial charge >= 0.3 is 0 Å². The number of amides is 2. The van der Waals surface area contributed by atoms with E-state index in [1.807, 2.05) is 6.92 Å². The summed E-state index contributed by atoms with van der Waals surface area (Å²) in [5.74, 6) is -1.57. The summed E-state index contributed by atoms with van der Waals surface area (Å²) in [4.78, 5) is 27.4. The summed E-state index contributed by atoms with van der Waals surface area (Å²) >= 11 is 6.17. The van der Waals surface area contributed by atoms with E-state index in [0.717, 1.165) is 23.4 Å². The summed E-state index contributed by atoms with van der Waals surface area (Å²) in [5.41, 5.74) is 0.969. The molecule has 2 aromatic rings. The molecule has 1 N–H and O–H groups in total. The van der Waals surface area contributed by atoms with Gasteiger partial charge in [-0.3, -0.25) is 13.9 Å². The lowest BCUT2D eigenvalue weighted by Gasteiger charge is -2.32. The van der Waals surface area contributed by atoms with Crippen LogP contribution in [0.15, 0.2) is 42.5 Å². The van der Waals surface area contributed by atoms with Crippen molar-refractivity contribution in [1.82, 2.24) is 10.2 Å². The van der Waals surface area contributed by atoms with E-state index in [9.17, 15) is 22.4 Å². The average molecular weight is 512 g/mol. The number of hydrogen-bond donors (Lipinski definition) is 1. The highest BCUT2D eigenvalue weighted by atomic mass is 35.5. The molecule has 7 nitrogen and oxygen atoms in total. The minimum absolute atomic E-state index is 0.194. The molecule has 0 bridgehead atoms. The minimum Gasteiger partial charge on any atom is -0.354 e. The van der Waals surface area contributed by atoms with Gasteiger partial charge in [0.25, 0.3) is 0 Å². The first-order chi connectivity index (χ1) is 16.0. The molecular formula is C24H31ClFN3O4S. The van der Waals surface area contributed by atoms with E-state index in [1.54, 1.807) is 31.2 Å². The van der Waals surface area contributed by atoms with Crippen molar-refractivity contribution in [1.29, 1.82) is 0 Å². The van der Waals surface area contributed by atoms with Crippen LogP contribution in [-0.2, 0) is 26.2 Å². The van der Waals surface area contributed by atoms with Crippen LogP contribution in [-0.4, -0.2) is 50.5 Å². The summed E-state index contributed by atoms with van der Waals surface area (Å²) in [6, 6.07) is 9.76. The first-order valence-corrected chi connectivity index (χ1v) is 13.2. The summed E-state index contributed by atoms with van der Waals surface area (Å²) in [7, 11) is -3.88. The number of nitrogens with zero attached hydrogens (tertiary/aromatic N) is 2. The lowest BCUT2D eigenvalue weighted by Crippen LogP contribution is -2.51. The molecule has 0 saturated carbocycles. The lowest BCUT2D eigenvalue weighted by molar-refractivity contribution is -0.139. The Kier molecular flexibility index (Phi) is 9.88. The number of nitrogens with one attached hydrogen (secondary N) is 1. The van der Waals surface area contributed by atoms with Crippen LogP contribution in [0.1, 0.15) is 37.8 Å². The molecular weight excluding hydrogens is 481 g/mol. The zero-order chi connectivity index (χ0) is 25.5. The standard InChI is InChI=1S/C24H31ClFN3O4S/c1-5-6-14-27-24(31)18(3)28(15-19-10-7-8-12-21(19)26)23(30)16-29(34(4,32)33)22-13-9-11-20(25)17(22)2/h7-13,18H,5-6,14-16H2,1-4H3,(H,27,31)/t18-/m0/s1. The normalized spacial score (nSPS) is 12.2. The van der Waals surface area contributed by atoms with Crippen LogP contribution in [0.3, 0.4) is 0 Å². The van der Waals surface area contributed by atoms with Gasteiger partial charge in [-0.2, -0.15) is 0 Å². The third-order valence-electron chi connectivity index (χ3n) is 5.48. The van der Waals surface area contributed by atoms with Gasteiger partial charge < -0.3 is 10.2 Å². The predicted molar refractivity (Wildman–Crippen MR) is 133 cm³/mol. The Morgan fingerprint density at radius 2 is 1.82 bits per heavy atom. The molecule has 186 valence electrons. The summed E-state index contributed by atoms with van der Waals surface area (Å²) in [6.07, 6.45) is 2.65. The highest BCUT2D eigenvalue weighted by Gasteiger charge is 2.31. The second-order valence-corrected chi connectivity index (χ2v) is 10.4. The Morgan fingerprint density at radius 1 is 1.15 bits per heavy atom. The summed E-state index contributed by atoms with van der Waals surface area (Å²) in [6.45, 7) is 4.86. The predicted octanol–water partition coefficient (Wildman–Crippen LogP) is 3.89. The van der Waals surface area contributed by atoms with Crippen LogP contribution < -0.4 is 9.62 Å². The number of anilines is 1. The van der Waals surface area contributed by atoms with Gasteiger partial charge in [-0.15, -0.1) is 0 Å². The number of carbonyl (C=O) groups is 2. The molecule has 0 aliphatic rings. The molecule has 0 heterocycles. The fraction of sp³-hybridized carbons (Fsp3) is 0.417. The van der Waals surface area contributed by atoms with Crippen molar-refractivity contribution in [3.05, 3.63) is 64.4 Å². The topological polar surface area (TPSA) is 86.8 Å². The van der Waals surface area contributed by atoms with Crippen molar-refractivity contribution in [3.8, 4) is 0 Å². The van der Waals surface area contributed by atoms with Crippen molar-refractivity contribution >= 4 is 39.1 Å². The van der Waals surface area contributed by atoms with Crippen LogP contribution in [0.4, 0.5) is 10.1 Å². The van der Waals surface area contributed by atoms with Gasteiger partial charge in [0.1, 0.15) is 18.4 Å². The number of hydrogen-bond acceptors (Lipinski definition) is 4. The van der Waals surface area contributed by atoms with Crippen LogP contribution in [0.5, 0.6) is 0 Å². The Balaban J connectivity index is 2.41. The van der Waals surface area contributed by atoms with E-state index in [2.05, 4.69) is 5.32 Å². The van der Waals surface area contributed by atoms with Gasteiger partial charge in [-0.25, -0.2) is 12.8 Å². The van der Waals surface area contributed by atoms with Crippen molar-refractivity contribution in [2.24, 2.45) is 0 Å². The molecule has 2 aromatic carbocycles. The highest BCUT2D eigenvalue weighted by molar-refractivity contribution is 7.92. The first kappa shape index (κ1) is 27.6. The van der Waals surface area contributed by atoms with Gasteiger partial charge in [0, 0.05) is 23.7 Å². The lowest BCUT2D eigenvalue weighted by atomic mass is 10.1. The second-order valence-electron chi connectivity index (χ2n) is 8.09. The number of halogens is 2. The summed E-state index contributed by atoms with van der Waals surface area (Å²) in [5, 5.41) is 3.13. The smallest absolute Gasteiger partial charge is 0.244 e. The Labute approximate surface area is 205 Å². The monoisotopic (exact) mass is 511 g/mol. The van der Waals surface area contributed by atoms with Crippen molar-refractivity contribution < 1.29 is 22.4 Å². The van der Waals surface area contributed by atoms with Crippen molar-refractivity contribution in [2.45, 2.75) is 46.2 Å². The number of unbranched alkanes of at least 4 members (excludes halogenated alkanes) is 1. The van der Waals surface area contributed by atoms with Crippen LogP contribution >= 0.6 is 11.6 Å². The van der Waals surface area contributed by atoms with Gasteiger partial charge in [-0.05, 0) is 44.0 Å². The maximum Gasteiger partial charge on any atom is 0.244 e. The van der Waals surface area contributed by atoms with Crippen molar-refractivity contribution in [2.75, 3.05) is 23.7 Å². The molecule has 1 atom stereocenters. The molecule has 0 fully saturated rings. The van der Waals surface area contributed by atoms with E-state index in [4.69, 9.17) is 11.6 Å². The molecule has 0 unspecified atom stereocenters. The van der Waals surface area contributed by atoms with E-state index >= 15 is 0 Å². The molecule has 0 aliphatic carbocycles. The highest BCUT2D eigenvalue weighted by Crippen LogP contribution is 2.28. The Bertz CT molecular complexity index is 1130. The fourth-order valence-corrected chi connectivity index (χ4v) is 4.46. The SMILES string of the molecule is CCCCNC(=O)[C@H](C)N(Cc1ccccc1F)C(=O)CN(c1cccc(Cl)c1C)S(C)(=O)=O. The zero-order valence-corrected chi connectivity index (χ0v) is 21.4. The zero-order valence-electron chi connectivity index (χ0n) is 19.8. The van der Waals surface area contributed by atoms with Crippen molar-refractivity contribution in [3.63, 3.8) is 0 Å².